The average molecular weight is 763 g/mol. The third kappa shape index (κ3) is 8.78. The number of aromatic nitrogens is 3. The molecule has 0 radical (unpaired) electrons. The predicted molar refractivity (Wildman–Crippen MR) is 248 cm³/mol. The topological polar surface area (TPSA) is 41.9 Å². The molecular weight excluding hydrogens is 717 g/mol. The van der Waals surface area contributed by atoms with Gasteiger partial charge in [-0.25, -0.2) is 15.0 Å². The molecule has 1 aromatic heterocycles. The highest BCUT2D eigenvalue weighted by atomic mass is 15.1. The largest absolute Gasteiger partial charge is 0.310 e. The molecule has 0 amide bonds. The molecule has 0 saturated heterocycles. The maximum atomic E-state index is 5.05. The summed E-state index contributed by atoms with van der Waals surface area (Å²) in [6.45, 7) is 8.30. The number of hydrogen-bond donors (Lipinski definition) is 0. The lowest BCUT2D eigenvalue weighted by molar-refractivity contribution is 1.07. The summed E-state index contributed by atoms with van der Waals surface area (Å²) in [5.41, 5.74) is 15.3. The summed E-state index contributed by atoms with van der Waals surface area (Å²) in [6.07, 6.45) is 0. The van der Waals surface area contributed by atoms with Gasteiger partial charge in [0.15, 0.2) is 17.5 Å². The normalized spacial score (nSPS) is 10.7. The number of rotatable bonds is 9. The number of anilines is 3. The highest BCUT2D eigenvalue weighted by Gasteiger charge is 2.17. The van der Waals surface area contributed by atoms with Gasteiger partial charge in [0.25, 0.3) is 0 Å². The zero-order valence-corrected chi connectivity index (χ0v) is 33.9. The Morgan fingerprint density at radius 3 is 1.02 bits per heavy atom. The second-order valence-electron chi connectivity index (χ2n) is 14.3. The molecule has 0 saturated carbocycles. The molecule has 0 atom stereocenters. The van der Waals surface area contributed by atoms with E-state index in [9.17, 15) is 0 Å². The van der Waals surface area contributed by atoms with E-state index in [1.54, 1.807) is 0 Å². The van der Waals surface area contributed by atoms with Gasteiger partial charge in [-0.3, -0.25) is 0 Å². The summed E-state index contributed by atoms with van der Waals surface area (Å²) in [4.78, 5) is 17.4. The van der Waals surface area contributed by atoms with E-state index in [2.05, 4.69) is 164 Å². The van der Waals surface area contributed by atoms with Gasteiger partial charge in [0.1, 0.15) is 0 Å². The first kappa shape index (κ1) is 38.4. The molecule has 286 valence electrons. The molecule has 0 aliphatic carbocycles. The van der Waals surface area contributed by atoms with E-state index >= 15 is 0 Å². The maximum Gasteiger partial charge on any atom is 0.164 e. The fraction of sp³-hybridized carbons (Fsp3) is 0.0727. The van der Waals surface area contributed by atoms with Crippen LogP contribution in [0.15, 0.2) is 206 Å². The first-order valence-corrected chi connectivity index (χ1v) is 20.3. The third-order valence-electron chi connectivity index (χ3n) is 10.2. The predicted octanol–water partition coefficient (Wildman–Crippen LogP) is 15.0. The van der Waals surface area contributed by atoms with E-state index in [-0.39, 0.29) is 0 Å². The molecule has 0 aliphatic rings. The minimum absolute atomic E-state index is 0.638. The van der Waals surface area contributed by atoms with Crippen LogP contribution in [0, 0.1) is 13.8 Å². The standard InChI is InChI=1S/C53H40N4.C2H6/c1-37-31-45(35-47(33-37)53-55-51(43-19-11-5-12-20-43)54-52(56-53)44-21-13-6-14-22-44)46-32-38(2)34-50(36-46)57(48-27-23-41(24-28-48)39-15-7-3-8-16-39)49-29-25-42(26-30-49)40-17-9-4-10-18-40;1-2/h3-36H,1-2H3;1-2H3. The van der Waals surface area contributed by atoms with Crippen molar-refractivity contribution < 1.29 is 0 Å². The molecular formula is C55H46N4. The van der Waals surface area contributed by atoms with Crippen molar-refractivity contribution in [3.05, 3.63) is 217 Å². The van der Waals surface area contributed by atoms with Crippen molar-refractivity contribution in [1.82, 2.24) is 15.0 Å². The van der Waals surface area contributed by atoms with Crippen LogP contribution in [0.3, 0.4) is 0 Å². The van der Waals surface area contributed by atoms with Crippen LogP contribution >= 0.6 is 0 Å². The molecule has 59 heavy (non-hydrogen) atoms. The van der Waals surface area contributed by atoms with E-state index in [1.165, 1.54) is 22.3 Å². The second-order valence-corrected chi connectivity index (χ2v) is 14.3. The Bertz CT molecular complexity index is 2630. The van der Waals surface area contributed by atoms with Crippen molar-refractivity contribution >= 4 is 17.1 Å². The lowest BCUT2D eigenvalue weighted by Gasteiger charge is -2.27. The van der Waals surface area contributed by atoms with Gasteiger partial charge in [-0.15, -0.1) is 0 Å². The lowest BCUT2D eigenvalue weighted by Crippen LogP contribution is -2.10. The van der Waals surface area contributed by atoms with Gasteiger partial charge >= 0.3 is 0 Å². The fourth-order valence-corrected chi connectivity index (χ4v) is 7.39. The lowest BCUT2D eigenvalue weighted by atomic mass is 9.97. The number of benzene rings is 8. The summed E-state index contributed by atoms with van der Waals surface area (Å²) in [7, 11) is 0. The molecule has 1 heterocycles. The van der Waals surface area contributed by atoms with Crippen LogP contribution in [0.25, 0.3) is 67.5 Å². The molecule has 8 aromatic carbocycles. The Kier molecular flexibility index (Phi) is 11.6. The molecule has 4 nitrogen and oxygen atoms in total. The van der Waals surface area contributed by atoms with Crippen molar-refractivity contribution in [1.29, 1.82) is 0 Å². The number of hydrogen-bond acceptors (Lipinski definition) is 4. The summed E-state index contributed by atoms with van der Waals surface area (Å²) < 4.78 is 0. The van der Waals surface area contributed by atoms with Crippen LogP contribution in [0.1, 0.15) is 25.0 Å². The van der Waals surface area contributed by atoms with E-state index in [4.69, 9.17) is 15.0 Å². The SMILES string of the molecule is CC.Cc1cc(-c2cc(C)cc(N(c3ccc(-c4ccccc4)cc3)c3ccc(-c4ccccc4)cc3)c2)cc(-c2nc(-c3ccccc3)nc(-c3ccccc3)n2)c1. The van der Waals surface area contributed by atoms with Crippen molar-refractivity contribution in [3.8, 4) is 67.5 Å². The average Bonchev–Trinajstić information content (AvgIpc) is 3.31. The molecule has 0 spiro atoms. The molecule has 0 bridgehead atoms. The first-order chi connectivity index (χ1) is 29.0. The van der Waals surface area contributed by atoms with Crippen molar-refractivity contribution in [2.45, 2.75) is 27.7 Å². The van der Waals surface area contributed by atoms with Crippen molar-refractivity contribution in [2.24, 2.45) is 0 Å². The highest BCUT2D eigenvalue weighted by molar-refractivity contribution is 5.84. The first-order valence-electron chi connectivity index (χ1n) is 20.3. The van der Waals surface area contributed by atoms with E-state index in [0.717, 1.165) is 56.0 Å². The quantitative estimate of drug-likeness (QED) is 0.147. The van der Waals surface area contributed by atoms with Crippen LogP contribution in [0.5, 0.6) is 0 Å². The smallest absolute Gasteiger partial charge is 0.164 e. The minimum Gasteiger partial charge on any atom is -0.310 e. The fourth-order valence-electron chi connectivity index (χ4n) is 7.39. The summed E-state index contributed by atoms with van der Waals surface area (Å²) in [5.74, 6) is 1.93. The van der Waals surface area contributed by atoms with Gasteiger partial charge in [0.2, 0.25) is 0 Å². The van der Waals surface area contributed by atoms with Crippen LogP contribution in [0.2, 0.25) is 0 Å². The monoisotopic (exact) mass is 762 g/mol. The Morgan fingerprint density at radius 1 is 0.271 bits per heavy atom. The molecule has 9 rings (SSSR count). The molecule has 0 unspecified atom stereocenters. The zero-order valence-electron chi connectivity index (χ0n) is 33.9. The molecule has 4 heteroatoms. The Balaban J connectivity index is 0.00000238. The van der Waals surface area contributed by atoms with Gasteiger partial charge < -0.3 is 4.90 Å². The van der Waals surface area contributed by atoms with Gasteiger partial charge in [-0.2, -0.15) is 0 Å². The van der Waals surface area contributed by atoms with Crippen LogP contribution in [-0.4, -0.2) is 15.0 Å². The van der Waals surface area contributed by atoms with Gasteiger partial charge in [0.05, 0.1) is 0 Å². The van der Waals surface area contributed by atoms with Gasteiger partial charge in [-0.05, 0) is 107 Å². The molecule has 9 aromatic rings. The molecule has 0 aliphatic heterocycles. The van der Waals surface area contributed by atoms with Gasteiger partial charge in [0, 0.05) is 33.8 Å². The van der Waals surface area contributed by atoms with Crippen molar-refractivity contribution in [2.75, 3.05) is 4.90 Å². The summed E-state index contributed by atoms with van der Waals surface area (Å²) in [6, 6.07) is 72.4. The van der Waals surface area contributed by atoms with Gasteiger partial charge in [-0.1, -0.05) is 172 Å². The maximum absolute atomic E-state index is 5.05. The Hall–Kier alpha value is -7.43. The second kappa shape index (κ2) is 17.8. The van der Waals surface area contributed by atoms with Crippen LogP contribution < -0.4 is 4.90 Å². The van der Waals surface area contributed by atoms with E-state index < -0.39 is 0 Å². The Morgan fingerprint density at radius 2 is 0.593 bits per heavy atom. The highest BCUT2D eigenvalue weighted by Crippen LogP contribution is 2.40. The molecule has 0 fully saturated rings. The molecule has 0 N–H and O–H groups in total. The van der Waals surface area contributed by atoms with Crippen LogP contribution in [-0.2, 0) is 0 Å². The number of nitrogens with zero attached hydrogens (tertiary/aromatic N) is 4. The number of aryl methyl sites for hydroxylation is 2. The van der Waals surface area contributed by atoms with E-state index in [0.29, 0.717) is 17.5 Å². The summed E-state index contributed by atoms with van der Waals surface area (Å²) in [5, 5.41) is 0. The van der Waals surface area contributed by atoms with Crippen LogP contribution in [0.4, 0.5) is 17.1 Å². The Labute approximate surface area is 348 Å². The zero-order chi connectivity index (χ0) is 40.6. The van der Waals surface area contributed by atoms with Crippen molar-refractivity contribution in [3.63, 3.8) is 0 Å². The minimum atomic E-state index is 0.638. The third-order valence-corrected chi connectivity index (χ3v) is 10.2. The van der Waals surface area contributed by atoms with E-state index in [1.807, 2.05) is 74.5 Å². The summed E-state index contributed by atoms with van der Waals surface area (Å²) >= 11 is 0.